The Balaban J connectivity index is 1.03. The minimum Gasteiger partial charge on any atom is -0.456 e. The number of rotatable bonds is 7. The minimum absolute atomic E-state index is 0.224. The number of fused-ring (bicyclic) bond motifs is 9. The van der Waals surface area contributed by atoms with Crippen LogP contribution < -0.4 is 31.4 Å². The maximum absolute atomic E-state index is 6.50. The van der Waals surface area contributed by atoms with Crippen LogP contribution in [-0.2, 0) is 6.54 Å². The Bertz CT molecular complexity index is 3160. The van der Waals surface area contributed by atoms with E-state index in [1.165, 1.54) is 64.4 Å². The van der Waals surface area contributed by atoms with E-state index in [4.69, 9.17) is 4.42 Å². The number of furan rings is 1. The lowest BCUT2D eigenvalue weighted by atomic mass is 9.82. The summed E-state index contributed by atoms with van der Waals surface area (Å²) in [7, 11) is -2.89. The van der Waals surface area contributed by atoms with Crippen LogP contribution in [0.3, 0.4) is 0 Å². The summed E-state index contributed by atoms with van der Waals surface area (Å²) in [6.07, 6.45) is 14.3. The lowest BCUT2D eigenvalue weighted by Gasteiger charge is -2.35. The molecule has 0 N–H and O–H groups in total. The first kappa shape index (κ1) is 34.3. The number of hydrogen-bond donors (Lipinski definition) is 0. The standard InChI is InChI=1S/C55H42N2OSi/c1-3-19-40(20-4-1)59(41-21-5-2-6-22-41,43-24-16-18-39(34-43)57-51-30-12-8-25-44(51)45-26-9-13-31-52(45)57)42-23-15-17-38(33-42)37-56-50-29-11-7-27-46(50)48-35-49-47-28-10-14-32-54(47)58-55(49)36-53(48)56/h1-36,46,48,50,53H,37H2. The third kappa shape index (κ3) is 5.30. The SMILES string of the molecule is C1=CC2C3C=c4c(oc5ccccc45)=CC3N(Cc3cccc([Si](c4ccccc4)(c4ccccc4)c4cccc(-n5c6ccccc6c6ccccc65)c4)c3)C2C=C1. The van der Waals surface area contributed by atoms with Crippen LogP contribution in [0.2, 0.25) is 0 Å². The van der Waals surface area contributed by atoms with Crippen molar-refractivity contribution < 1.29 is 4.42 Å². The number of para-hydroxylation sites is 3. The van der Waals surface area contributed by atoms with Gasteiger partial charge in [0.2, 0.25) is 0 Å². The van der Waals surface area contributed by atoms with Gasteiger partial charge < -0.3 is 8.98 Å². The monoisotopic (exact) mass is 774 g/mol. The molecule has 0 radical (unpaired) electrons. The zero-order valence-corrected chi connectivity index (χ0v) is 33.6. The number of hydrogen-bond acceptors (Lipinski definition) is 2. The molecule has 0 amide bonds. The molecule has 9 aromatic rings. The van der Waals surface area contributed by atoms with E-state index < -0.39 is 8.07 Å². The quantitative estimate of drug-likeness (QED) is 0.121. The van der Waals surface area contributed by atoms with Gasteiger partial charge in [0.05, 0.1) is 11.0 Å². The summed E-state index contributed by atoms with van der Waals surface area (Å²) in [5, 5.41) is 10.5. The van der Waals surface area contributed by atoms with Crippen LogP contribution in [0.1, 0.15) is 5.56 Å². The van der Waals surface area contributed by atoms with Gasteiger partial charge >= 0.3 is 0 Å². The van der Waals surface area contributed by atoms with Crippen LogP contribution in [0.25, 0.3) is 50.6 Å². The molecular formula is C55H42N2OSi. The molecule has 4 heteroatoms. The van der Waals surface area contributed by atoms with E-state index in [1.54, 1.807) is 0 Å². The first-order chi connectivity index (χ1) is 29.3. The first-order valence-corrected chi connectivity index (χ1v) is 22.9. The highest BCUT2D eigenvalue weighted by molar-refractivity contribution is 7.19. The fourth-order valence-electron chi connectivity index (χ4n) is 10.9. The van der Waals surface area contributed by atoms with Gasteiger partial charge in [-0.2, -0.15) is 0 Å². The van der Waals surface area contributed by atoms with Gasteiger partial charge in [-0.05, 0) is 62.7 Å². The Morgan fingerprint density at radius 2 is 1.07 bits per heavy atom. The molecule has 1 aliphatic heterocycles. The molecule has 0 saturated carbocycles. The molecule has 7 aromatic carbocycles. The van der Waals surface area contributed by atoms with Crippen molar-refractivity contribution in [2.75, 3.05) is 0 Å². The average molecular weight is 775 g/mol. The van der Waals surface area contributed by atoms with Gasteiger partial charge in [-0.25, -0.2) is 0 Å². The molecule has 4 atom stereocenters. The fourth-order valence-corrected chi connectivity index (χ4v) is 15.7. The third-order valence-electron chi connectivity index (χ3n) is 13.4. The van der Waals surface area contributed by atoms with Crippen LogP contribution in [0.15, 0.2) is 211 Å². The molecule has 1 saturated heterocycles. The topological polar surface area (TPSA) is 21.3 Å². The zero-order chi connectivity index (χ0) is 38.9. The Morgan fingerprint density at radius 3 is 1.80 bits per heavy atom. The van der Waals surface area contributed by atoms with E-state index in [0.717, 1.165) is 17.5 Å². The summed E-state index contributed by atoms with van der Waals surface area (Å²) < 4.78 is 8.95. The zero-order valence-electron chi connectivity index (χ0n) is 32.6. The van der Waals surface area contributed by atoms with Crippen molar-refractivity contribution in [1.82, 2.24) is 9.47 Å². The number of aromatic nitrogens is 1. The largest absolute Gasteiger partial charge is 0.456 e. The number of likely N-dealkylation sites (tertiary alicyclic amines) is 1. The molecule has 0 spiro atoms. The summed E-state index contributed by atoms with van der Waals surface area (Å²) in [6.45, 7) is 0.837. The summed E-state index contributed by atoms with van der Waals surface area (Å²) in [5.41, 5.74) is 6.92. The van der Waals surface area contributed by atoms with Gasteiger partial charge in [0.1, 0.15) is 11.0 Å². The van der Waals surface area contributed by atoms with Gasteiger partial charge in [-0.1, -0.05) is 182 Å². The van der Waals surface area contributed by atoms with Crippen molar-refractivity contribution in [1.29, 1.82) is 0 Å². The van der Waals surface area contributed by atoms with Crippen LogP contribution in [0.5, 0.6) is 0 Å². The molecule has 3 aliphatic rings. The molecule has 2 aromatic heterocycles. The molecule has 3 heterocycles. The molecular weight excluding hydrogens is 733 g/mol. The Kier molecular flexibility index (Phi) is 7.97. The fraction of sp³-hybridized carbons (Fsp3) is 0.0909. The molecule has 2 aliphatic carbocycles. The second-order valence-corrected chi connectivity index (χ2v) is 20.2. The van der Waals surface area contributed by atoms with Crippen molar-refractivity contribution in [3.63, 3.8) is 0 Å². The molecule has 3 nitrogen and oxygen atoms in total. The van der Waals surface area contributed by atoms with E-state index in [1.807, 2.05) is 0 Å². The second-order valence-electron chi connectivity index (χ2n) is 16.4. The normalized spacial score (nSPS) is 19.7. The van der Waals surface area contributed by atoms with Gasteiger partial charge in [-0.3, -0.25) is 4.90 Å². The highest BCUT2D eigenvalue weighted by Crippen LogP contribution is 2.42. The molecule has 0 bridgehead atoms. The smallest absolute Gasteiger partial charge is 0.179 e. The summed E-state index contributed by atoms with van der Waals surface area (Å²) in [4.78, 5) is 2.72. The molecule has 282 valence electrons. The lowest BCUT2D eigenvalue weighted by Crippen LogP contribution is -2.74. The Morgan fingerprint density at radius 1 is 0.475 bits per heavy atom. The second kappa shape index (κ2) is 13.7. The summed E-state index contributed by atoms with van der Waals surface area (Å²) in [5.74, 6) is 0.764. The molecule has 12 rings (SSSR count). The van der Waals surface area contributed by atoms with Gasteiger partial charge in [0.25, 0.3) is 0 Å². The van der Waals surface area contributed by atoms with Crippen LogP contribution >= 0.6 is 0 Å². The van der Waals surface area contributed by atoms with Crippen molar-refractivity contribution >= 4 is 73.7 Å². The van der Waals surface area contributed by atoms with Crippen molar-refractivity contribution in [3.8, 4) is 5.69 Å². The highest BCUT2D eigenvalue weighted by Gasteiger charge is 2.47. The van der Waals surface area contributed by atoms with Crippen LogP contribution in [0.4, 0.5) is 0 Å². The first-order valence-electron chi connectivity index (χ1n) is 20.9. The predicted octanol–water partition coefficient (Wildman–Crippen LogP) is 8.09. The molecule has 1 fully saturated rings. The van der Waals surface area contributed by atoms with Crippen molar-refractivity contribution in [2.24, 2.45) is 11.8 Å². The maximum Gasteiger partial charge on any atom is 0.179 e. The van der Waals surface area contributed by atoms with Gasteiger partial charge in [0, 0.05) is 57.5 Å². The summed E-state index contributed by atoms with van der Waals surface area (Å²) >= 11 is 0. The average Bonchev–Trinajstić information content (AvgIpc) is 3.94. The minimum atomic E-state index is -2.89. The van der Waals surface area contributed by atoms with Gasteiger partial charge in [-0.15, -0.1) is 0 Å². The van der Waals surface area contributed by atoms with E-state index in [2.05, 4.69) is 228 Å². The Labute approximate surface area is 344 Å². The van der Waals surface area contributed by atoms with Crippen molar-refractivity contribution in [3.05, 3.63) is 222 Å². The molecule has 4 unspecified atom stereocenters. The van der Waals surface area contributed by atoms with Gasteiger partial charge in [0.15, 0.2) is 8.07 Å². The Hall–Kier alpha value is -6.72. The van der Waals surface area contributed by atoms with E-state index >= 15 is 0 Å². The molecule has 59 heavy (non-hydrogen) atoms. The predicted molar refractivity (Wildman–Crippen MR) is 247 cm³/mol. The van der Waals surface area contributed by atoms with E-state index in [-0.39, 0.29) is 6.04 Å². The van der Waals surface area contributed by atoms with Crippen LogP contribution in [-0.4, -0.2) is 29.6 Å². The third-order valence-corrected chi connectivity index (χ3v) is 18.1. The number of benzene rings is 7. The highest BCUT2D eigenvalue weighted by atomic mass is 28.3. The number of allylic oxidation sites excluding steroid dienone is 2. The summed E-state index contributed by atoms with van der Waals surface area (Å²) in [6, 6.07) is 68.3. The lowest BCUT2D eigenvalue weighted by molar-refractivity contribution is 0.235. The van der Waals surface area contributed by atoms with Crippen LogP contribution in [0, 0.1) is 11.8 Å². The number of nitrogens with zero attached hydrogens (tertiary/aromatic N) is 2. The van der Waals surface area contributed by atoms with E-state index in [0.29, 0.717) is 17.9 Å². The van der Waals surface area contributed by atoms with Crippen molar-refractivity contribution in [2.45, 2.75) is 18.6 Å². The van der Waals surface area contributed by atoms with E-state index in [9.17, 15) is 0 Å². The maximum atomic E-state index is 6.50.